The molecule has 2 heterocycles. The fourth-order valence-electron chi connectivity index (χ4n) is 2.05. The van der Waals surface area contributed by atoms with Crippen molar-refractivity contribution in [3.8, 4) is 0 Å². The van der Waals surface area contributed by atoms with Gasteiger partial charge in [-0.25, -0.2) is 4.98 Å². The van der Waals surface area contributed by atoms with Crippen LogP contribution in [0.1, 0.15) is 23.2 Å². The van der Waals surface area contributed by atoms with E-state index in [-0.39, 0.29) is 17.7 Å². The summed E-state index contributed by atoms with van der Waals surface area (Å²) in [6.07, 6.45) is 2.84. The monoisotopic (exact) mass is 311 g/mol. The molecule has 0 bridgehead atoms. The minimum atomic E-state index is -0.271. The number of amides is 2. The van der Waals surface area contributed by atoms with E-state index in [1.807, 2.05) is 0 Å². The first-order chi connectivity index (χ1) is 8.58. The molecular formula is C12H14BrN3O2. The number of carbonyl (C=O) groups is 2. The topological polar surface area (TPSA) is 76.3 Å². The molecule has 0 spiro atoms. The lowest BCUT2D eigenvalue weighted by Gasteiger charge is -2.30. The van der Waals surface area contributed by atoms with Gasteiger partial charge in [-0.05, 0) is 40.9 Å². The van der Waals surface area contributed by atoms with Crippen LogP contribution >= 0.6 is 15.9 Å². The zero-order chi connectivity index (χ0) is 13.1. The minimum absolute atomic E-state index is 0.0436. The second-order valence-electron chi connectivity index (χ2n) is 4.34. The van der Waals surface area contributed by atoms with E-state index in [1.165, 1.54) is 0 Å². The van der Waals surface area contributed by atoms with E-state index in [0.717, 1.165) is 0 Å². The molecule has 0 aromatic carbocycles. The van der Waals surface area contributed by atoms with Crippen molar-refractivity contribution in [3.63, 3.8) is 0 Å². The van der Waals surface area contributed by atoms with Gasteiger partial charge in [0, 0.05) is 25.2 Å². The average molecular weight is 312 g/mol. The number of nitrogens with two attached hydrogens (primary N) is 1. The average Bonchev–Trinajstić information content (AvgIpc) is 2.39. The molecule has 1 fully saturated rings. The minimum Gasteiger partial charge on any atom is -0.369 e. The Morgan fingerprint density at radius 1 is 1.33 bits per heavy atom. The molecule has 18 heavy (non-hydrogen) atoms. The third-order valence-electron chi connectivity index (χ3n) is 3.16. The number of halogens is 1. The lowest BCUT2D eigenvalue weighted by molar-refractivity contribution is -0.123. The fourth-order valence-corrected chi connectivity index (χ4v) is 2.29. The molecule has 0 radical (unpaired) electrons. The van der Waals surface area contributed by atoms with Crippen molar-refractivity contribution in [1.29, 1.82) is 0 Å². The van der Waals surface area contributed by atoms with Gasteiger partial charge in [0.15, 0.2) is 0 Å². The van der Waals surface area contributed by atoms with Crippen LogP contribution in [0.4, 0.5) is 0 Å². The number of hydrogen-bond donors (Lipinski definition) is 1. The van der Waals surface area contributed by atoms with Crippen molar-refractivity contribution in [2.75, 3.05) is 13.1 Å². The molecule has 1 aromatic heterocycles. The van der Waals surface area contributed by atoms with Gasteiger partial charge in [0.1, 0.15) is 4.60 Å². The van der Waals surface area contributed by atoms with Gasteiger partial charge in [-0.1, -0.05) is 0 Å². The molecule has 6 heteroatoms. The van der Waals surface area contributed by atoms with E-state index in [9.17, 15) is 9.59 Å². The van der Waals surface area contributed by atoms with E-state index < -0.39 is 0 Å². The Balaban J connectivity index is 1.99. The van der Waals surface area contributed by atoms with E-state index in [1.54, 1.807) is 23.2 Å². The molecule has 2 amide bonds. The highest BCUT2D eigenvalue weighted by Crippen LogP contribution is 2.18. The predicted molar refractivity (Wildman–Crippen MR) is 69.8 cm³/mol. The van der Waals surface area contributed by atoms with Crippen molar-refractivity contribution in [2.45, 2.75) is 12.8 Å². The van der Waals surface area contributed by atoms with Crippen molar-refractivity contribution in [3.05, 3.63) is 28.5 Å². The summed E-state index contributed by atoms with van der Waals surface area (Å²) in [4.78, 5) is 29.0. The molecule has 0 saturated carbocycles. The van der Waals surface area contributed by atoms with Gasteiger partial charge in [0.25, 0.3) is 5.91 Å². The molecule has 1 aliphatic rings. The van der Waals surface area contributed by atoms with Crippen LogP contribution in [0.5, 0.6) is 0 Å². The summed E-state index contributed by atoms with van der Waals surface area (Å²) in [5.74, 6) is -0.414. The molecule has 5 nitrogen and oxygen atoms in total. The quantitative estimate of drug-likeness (QED) is 0.833. The summed E-state index contributed by atoms with van der Waals surface area (Å²) in [6, 6.07) is 3.48. The predicted octanol–water partition coefficient (Wildman–Crippen LogP) is 1.18. The molecule has 1 saturated heterocycles. The van der Waals surface area contributed by atoms with Crippen LogP contribution in [0.15, 0.2) is 22.9 Å². The van der Waals surface area contributed by atoms with Gasteiger partial charge in [0.05, 0.1) is 5.56 Å². The van der Waals surface area contributed by atoms with Crippen molar-refractivity contribution < 1.29 is 9.59 Å². The summed E-state index contributed by atoms with van der Waals surface area (Å²) in [5, 5.41) is 0. The Morgan fingerprint density at radius 2 is 2.00 bits per heavy atom. The molecule has 0 atom stereocenters. The molecular weight excluding hydrogens is 298 g/mol. The fraction of sp³-hybridized carbons (Fsp3) is 0.417. The number of pyridine rings is 1. The van der Waals surface area contributed by atoms with Crippen LogP contribution in [0.2, 0.25) is 0 Å². The lowest BCUT2D eigenvalue weighted by Crippen LogP contribution is -2.41. The van der Waals surface area contributed by atoms with Gasteiger partial charge < -0.3 is 10.6 Å². The number of aromatic nitrogens is 1. The van der Waals surface area contributed by atoms with Crippen molar-refractivity contribution in [2.24, 2.45) is 11.7 Å². The van der Waals surface area contributed by atoms with Gasteiger partial charge in [-0.15, -0.1) is 0 Å². The van der Waals surface area contributed by atoms with Crippen LogP contribution < -0.4 is 5.73 Å². The van der Waals surface area contributed by atoms with Crippen LogP contribution in [0.3, 0.4) is 0 Å². The van der Waals surface area contributed by atoms with Crippen LogP contribution in [-0.4, -0.2) is 34.8 Å². The van der Waals surface area contributed by atoms with E-state index in [2.05, 4.69) is 20.9 Å². The summed E-state index contributed by atoms with van der Waals surface area (Å²) >= 11 is 3.23. The number of hydrogen-bond acceptors (Lipinski definition) is 3. The van der Waals surface area contributed by atoms with E-state index >= 15 is 0 Å². The van der Waals surface area contributed by atoms with E-state index in [4.69, 9.17) is 5.73 Å². The Bertz CT molecular complexity index is 453. The van der Waals surface area contributed by atoms with Gasteiger partial charge in [-0.2, -0.15) is 0 Å². The van der Waals surface area contributed by atoms with Crippen LogP contribution in [0, 0.1) is 5.92 Å². The lowest BCUT2D eigenvalue weighted by atomic mass is 9.96. The van der Waals surface area contributed by atoms with Gasteiger partial charge >= 0.3 is 0 Å². The highest BCUT2D eigenvalue weighted by Gasteiger charge is 2.26. The largest absolute Gasteiger partial charge is 0.369 e. The first kappa shape index (κ1) is 13.0. The Labute approximate surface area is 113 Å². The highest BCUT2D eigenvalue weighted by atomic mass is 79.9. The van der Waals surface area contributed by atoms with Crippen molar-refractivity contribution in [1.82, 2.24) is 9.88 Å². The third kappa shape index (κ3) is 2.87. The van der Waals surface area contributed by atoms with Crippen LogP contribution in [-0.2, 0) is 4.79 Å². The highest BCUT2D eigenvalue weighted by molar-refractivity contribution is 9.10. The maximum absolute atomic E-state index is 12.1. The number of rotatable bonds is 2. The maximum Gasteiger partial charge on any atom is 0.255 e. The SMILES string of the molecule is NC(=O)C1CCN(C(=O)c2ccc(Br)nc2)CC1. The molecule has 0 unspecified atom stereocenters. The summed E-state index contributed by atoms with van der Waals surface area (Å²) in [6.45, 7) is 1.14. The second kappa shape index (κ2) is 5.48. The molecule has 2 rings (SSSR count). The summed E-state index contributed by atoms with van der Waals surface area (Å²) < 4.78 is 0.700. The first-order valence-corrected chi connectivity index (χ1v) is 6.57. The number of carbonyl (C=O) groups excluding carboxylic acids is 2. The number of piperidine rings is 1. The van der Waals surface area contributed by atoms with E-state index in [0.29, 0.717) is 36.1 Å². The molecule has 0 aliphatic carbocycles. The summed E-state index contributed by atoms with van der Waals surface area (Å²) in [5.41, 5.74) is 5.82. The second-order valence-corrected chi connectivity index (χ2v) is 5.15. The maximum atomic E-state index is 12.1. The van der Waals surface area contributed by atoms with Crippen molar-refractivity contribution >= 4 is 27.7 Å². The molecule has 1 aromatic rings. The molecule has 2 N–H and O–H groups in total. The molecule has 96 valence electrons. The standard InChI is InChI=1S/C12H14BrN3O2/c13-10-2-1-9(7-15-10)12(18)16-5-3-8(4-6-16)11(14)17/h1-2,7-8H,3-6H2,(H2,14,17). The summed E-state index contributed by atoms with van der Waals surface area (Å²) in [7, 11) is 0. The normalized spacial score (nSPS) is 16.6. The molecule has 1 aliphatic heterocycles. The van der Waals surface area contributed by atoms with Gasteiger partial charge in [0.2, 0.25) is 5.91 Å². The smallest absolute Gasteiger partial charge is 0.255 e. The first-order valence-electron chi connectivity index (χ1n) is 5.78. The Morgan fingerprint density at radius 3 is 2.50 bits per heavy atom. The number of primary amides is 1. The zero-order valence-corrected chi connectivity index (χ0v) is 11.4. The number of likely N-dealkylation sites (tertiary alicyclic amines) is 1. The third-order valence-corrected chi connectivity index (χ3v) is 3.63. The van der Waals surface area contributed by atoms with Crippen LogP contribution in [0.25, 0.3) is 0 Å². The zero-order valence-electron chi connectivity index (χ0n) is 9.80. The Hall–Kier alpha value is -1.43. The Kier molecular flexibility index (Phi) is 3.96. The van der Waals surface area contributed by atoms with Gasteiger partial charge in [-0.3, -0.25) is 9.59 Å². The number of nitrogens with zero attached hydrogens (tertiary/aromatic N) is 2.